The molecule has 13 nitrogen and oxygen atoms in total. The third-order valence-electron chi connectivity index (χ3n) is 9.20. The summed E-state index contributed by atoms with van der Waals surface area (Å²) >= 11 is 1.49. The molecule has 0 radical (unpaired) electrons. The molecule has 0 atom stereocenters. The van der Waals surface area contributed by atoms with Gasteiger partial charge in [-0.1, -0.05) is 48.8 Å². The van der Waals surface area contributed by atoms with Gasteiger partial charge in [0.1, 0.15) is 34.9 Å². The molecular weight excluding hydrogens is 823 g/mol. The van der Waals surface area contributed by atoms with Crippen LogP contribution in [0.5, 0.6) is 11.5 Å². The number of nitrogens with one attached hydrogen (secondary N) is 1. The second kappa shape index (κ2) is 21.3. The zero-order valence-electron chi connectivity index (χ0n) is 36.4. The van der Waals surface area contributed by atoms with Gasteiger partial charge in [-0.3, -0.25) is 5.43 Å². The summed E-state index contributed by atoms with van der Waals surface area (Å²) in [5, 5.41) is 5.11. The number of aromatic nitrogens is 1. The van der Waals surface area contributed by atoms with Crippen molar-refractivity contribution >= 4 is 56.8 Å². The lowest BCUT2D eigenvalue weighted by Crippen LogP contribution is -2.40. The first-order valence-electron chi connectivity index (χ1n) is 20.3. The molecule has 4 aromatic carbocycles. The van der Waals surface area contributed by atoms with Crippen molar-refractivity contribution in [2.24, 2.45) is 5.10 Å². The summed E-state index contributed by atoms with van der Waals surface area (Å²) in [4.78, 5) is 53.9. The van der Waals surface area contributed by atoms with Gasteiger partial charge in [-0.2, -0.15) is 5.10 Å². The van der Waals surface area contributed by atoms with Crippen molar-refractivity contribution in [2.75, 3.05) is 25.2 Å². The van der Waals surface area contributed by atoms with E-state index in [0.717, 1.165) is 39.1 Å². The summed E-state index contributed by atoms with van der Waals surface area (Å²) in [6, 6.07) is 26.9. The van der Waals surface area contributed by atoms with Crippen LogP contribution in [0.15, 0.2) is 121 Å². The zero-order valence-corrected chi connectivity index (χ0v) is 37.3. The molecule has 14 heteroatoms. The smallest absolute Gasteiger partial charge is 0.338 e. The van der Waals surface area contributed by atoms with Crippen LogP contribution in [-0.4, -0.2) is 71.7 Å². The monoisotopic (exact) mass is 875 g/mol. The number of hydrazone groups is 1. The molecule has 0 fully saturated rings. The summed E-state index contributed by atoms with van der Waals surface area (Å²) in [6.07, 6.45) is 5.17. The number of fused-ring (bicyclic) bond motifs is 1. The second-order valence-corrected chi connectivity index (χ2v) is 17.3. The van der Waals surface area contributed by atoms with Crippen LogP contribution >= 0.6 is 11.3 Å². The van der Waals surface area contributed by atoms with E-state index in [9.17, 15) is 19.2 Å². The molecule has 1 N–H and O–H groups in total. The van der Waals surface area contributed by atoms with Gasteiger partial charge in [0, 0.05) is 31.4 Å². The number of benzene rings is 4. The van der Waals surface area contributed by atoms with E-state index in [4.69, 9.17) is 28.4 Å². The molecule has 0 spiro atoms. The van der Waals surface area contributed by atoms with Crippen LogP contribution in [0.1, 0.15) is 85.4 Å². The van der Waals surface area contributed by atoms with Gasteiger partial charge in [-0.05, 0) is 125 Å². The Morgan fingerprint density at radius 2 is 1.30 bits per heavy atom. The molecular formula is C49H53N3O10S. The van der Waals surface area contributed by atoms with Gasteiger partial charge < -0.3 is 28.4 Å². The topological polar surface area (TPSA) is 161 Å². The predicted molar refractivity (Wildman–Crippen MR) is 244 cm³/mol. The van der Waals surface area contributed by atoms with Crippen molar-refractivity contribution in [2.45, 2.75) is 77.6 Å². The van der Waals surface area contributed by atoms with Crippen LogP contribution in [-0.2, 0) is 41.4 Å². The van der Waals surface area contributed by atoms with E-state index in [1.54, 1.807) is 68.6 Å². The normalized spacial score (nSPS) is 11.7. The summed E-state index contributed by atoms with van der Waals surface area (Å²) in [5.74, 6) is -0.965. The number of esters is 4. The van der Waals surface area contributed by atoms with Crippen LogP contribution < -0.4 is 14.9 Å². The van der Waals surface area contributed by atoms with E-state index >= 15 is 0 Å². The minimum Gasteiger partial charge on any atom is -0.489 e. The van der Waals surface area contributed by atoms with E-state index in [1.807, 2.05) is 70.2 Å². The number of carbonyl (C=O) groups is 4. The van der Waals surface area contributed by atoms with Crippen molar-refractivity contribution in [3.05, 3.63) is 144 Å². The molecule has 330 valence electrons. The molecule has 0 aliphatic carbocycles. The van der Waals surface area contributed by atoms with E-state index in [-0.39, 0.29) is 19.8 Å². The molecule has 0 amide bonds. The lowest BCUT2D eigenvalue weighted by atomic mass is 9.92. The van der Waals surface area contributed by atoms with E-state index < -0.39 is 40.7 Å². The largest absolute Gasteiger partial charge is 0.489 e. The fourth-order valence-corrected chi connectivity index (χ4v) is 7.40. The Labute approximate surface area is 371 Å². The Kier molecular flexibility index (Phi) is 16.0. The third kappa shape index (κ3) is 15.0. The van der Waals surface area contributed by atoms with E-state index in [2.05, 4.69) is 28.7 Å². The molecule has 1 aromatic heterocycles. The average molecular weight is 876 g/mol. The third-order valence-corrected chi connectivity index (χ3v) is 10.1. The number of thiazole rings is 1. The van der Waals surface area contributed by atoms with Crippen LogP contribution in [0.3, 0.4) is 0 Å². The Hall–Kier alpha value is -6.80. The number of hydrogen-bond donors (Lipinski definition) is 1. The van der Waals surface area contributed by atoms with Crippen LogP contribution in [0.2, 0.25) is 0 Å². The quantitative estimate of drug-likeness (QED) is 0.0231. The molecule has 1 heterocycles. The maximum Gasteiger partial charge on any atom is 0.338 e. The highest BCUT2D eigenvalue weighted by molar-refractivity contribution is 7.22. The highest BCUT2D eigenvalue weighted by atomic mass is 32.1. The van der Waals surface area contributed by atoms with Gasteiger partial charge in [0.05, 0.1) is 40.8 Å². The van der Waals surface area contributed by atoms with Crippen molar-refractivity contribution in [1.29, 1.82) is 0 Å². The van der Waals surface area contributed by atoms with Crippen molar-refractivity contribution < 1.29 is 47.6 Å². The highest BCUT2D eigenvalue weighted by Crippen LogP contribution is 2.29. The van der Waals surface area contributed by atoms with Gasteiger partial charge in [0.15, 0.2) is 0 Å². The molecule has 0 aliphatic heterocycles. The van der Waals surface area contributed by atoms with Crippen molar-refractivity contribution in [3.8, 4) is 11.5 Å². The van der Waals surface area contributed by atoms with Gasteiger partial charge in [0.2, 0.25) is 5.13 Å². The number of ether oxygens (including phenoxy) is 6. The van der Waals surface area contributed by atoms with Gasteiger partial charge in [0.25, 0.3) is 0 Å². The molecule has 5 rings (SSSR count). The fraction of sp³-hybridized carbons (Fsp3) is 0.306. The highest BCUT2D eigenvalue weighted by Gasteiger charge is 2.33. The first-order valence-corrected chi connectivity index (χ1v) is 21.1. The second-order valence-electron chi connectivity index (χ2n) is 16.3. The van der Waals surface area contributed by atoms with Gasteiger partial charge in [-0.25, -0.2) is 24.2 Å². The molecule has 0 saturated carbocycles. The van der Waals surface area contributed by atoms with E-state index in [1.165, 1.54) is 11.3 Å². The van der Waals surface area contributed by atoms with Crippen LogP contribution in [0.4, 0.5) is 5.13 Å². The number of rotatable bonds is 22. The van der Waals surface area contributed by atoms with Crippen molar-refractivity contribution in [1.82, 2.24) is 4.98 Å². The number of para-hydroxylation sites is 1. The van der Waals surface area contributed by atoms with Gasteiger partial charge in [-0.15, -0.1) is 0 Å². The van der Waals surface area contributed by atoms with Crippen molar-refractivity contribution in [3.63, 3.8) is 0 Å². The number of hydrogen-bond acceptors (Lipinski definition) is 14. The number of nitrogens with zero attached hydrogens (tertiary/aromatic N) is 2. The Bertz CT molecular complexity index is 2400. The summed E-state index contributed by atoms with van der Waals surface area (Å²) in [7, 11) is 0. The fourth-order valence-electron chi connectivity index (χ4n) is 6.58. The standard InChI is InChI=1S/C49H53N3O10S/c1-9-42(53)61-48(5,6)31-47(3,4)60-39-23-19-36(20-24-39)44(55)57-27-25-33-15-16-34(37(29-33)30-50-52-46-51-40-13-11-12-14-41(40)63-46)26-28-58-45(56)35-17-21-38(22-18-35)59-32-49(7,8)62-43(54)10-2/h9-24,29-30H,1-2,25-28,31-32H2,3-8H3,(H,51,52)/b50-30+. The lowest BCUT2D eigenvalue weighted by molar-refractivity contribution is -0.154. The zero-order chi connectivity index (χ0) is 45.6. The van der Waals surface area contributed by atoms with Gasteiger partial charge >= 0.3 is 23.9 Å². The summed E-state index contributed by atoms with van der Waals surface area (Å²) in [6.45, 7) is 18.1. The number of carbonyl (C=O) groups excluding carboxylic acids is 4. The Morgan fingerprint density at radius 1 is 0.714 bits per heavy atom. The molecule has 0 bridgehead atoms. The maximum absolute atomic E-state index is 13.0. The minimum atomic E-state index is -0.876. The average Bonchev–Trinajstić information content (AvgIpc) is 3.66. The summed E-state index contributed by atoms with van der Waals surface area (Å²) < 4.78 is 35.0. The number of anilines is 1. The van der Waals surface area contributed by atoms with E-state index in [0.29, 0.717) is 47.0 Å². The molecule has 5 aromatic rings. The molecule has 0 unspecified atom stereocenters. The first kappa shape index (κ1) is 47.3. The SMILES string of the molecule is C=CC(=O)OC(C)(C)COc1ccc(C(=O)OCCc2ccc(CCOC(=O)c3ccc(OC(C)(C)CC(C)(C)OC(=O)C=C)cc3)cc2/C=N/Nc2nc3ccccc3s2)cc1. The molecule has 0 saturated heterocycles. The van der Waals surface area contributed by atoms with Crippen LogP contribution in [0.25, 0.3) is 10.2 Å². The Morgan fingerprint density at radius 3 is 1.92 bits per heavy atom. The predicted octanol–water partition coefficient (Wildman–Crippen LogP) is 9.48. The van der Waals surface area contributed by atoms with Crippen LogP contribution in [0, 0.1) is 0 Å². The first-order chi connectivity index (χ1) is 29.9. The lowest BCUT2D eigenvalue weighted by Gasteiger charge is -2.34. The molecule has 63 heavy (non-hydrogen) atoms. The molecule has 0 aliphatic rings. The Balaban J connectivity index is 1.17. The minimum absolute atomic E-state index is 0.104. The summed E-state index contributed by atoms with van der Waals surface area (Å²) in [5.41, 5.74) is 4.85. The maximum atomic E-state index is 13.0.